The Hall–Kier alpha value is -0.960. The van der Waals surface area contributed by atoms with Gasteiger partial charge in [0.2, 0.25) is 0 Å². The first-order valence-electron chi connectivity index (χ1n) is 5.37. The van der Waals surface area contributed by atoms with Gasteiger partial charge in [0.1, 0.15) is 0 Å². The molecule has 1 unspecified atom stereocenters. The first-order chi connectivity index (χ1) is 8.08. The van der Waals surface area contributed by atoms with Crippen molar-refractivity contribution in [3.05, 3.63) is 12.5 Å². The standard InChI is InChI=1S/C9H16N4O3S/c1-13-5-9(11-7-13)17(14,15)12-4-8-6-16-3-2-10-8/h5,7-8,10,12H,2-4,6H2,1H3. The van der Waals surface area contributed by atoms with Crippen LogP contribution in [0.25, 0.3) is 0 Å². The lowest BCUT2D eigenvalue weighted by Gasteiger charge is -2.23. The van der Waals surface area contributed by atoms with E-state index in [0.717, 1.165) is 6.54 Å². The van der Waals surface area contributed by atoms with Crippen LogP contribution in [0.5, 0.6) is 0 Å². The molecule has 2 rings (SSSR count). The van der Waals surface area contributed by atoms with E-state index in [9.17, 15) is 8.42 Å². The van der Waals surface area contributed by atoms with Gasteiger partial charge in [-0.15, -0.1) is 0 Å². The summed E-state index contributed by atoms with van der Waals surface area (Å²) in [5.74, 6) is 0. The molecule has 8 heteroatoms. The van der Waals surface area contributed by atoms with Gasteiger partial charge >= 0.3 is 0 Å². The summed E-state index contributed by atoms with van der Waals surface area (Å²) in [6.07, 6.45) is 2.92. The zero-order chi connectivity index (χ0) is 12.3. The van der Waals surface area contributed by atoms with E-state index in [1.54, 1.807) is 11.6 Å². The fourth-order valence-corrected chi connectivity index (χ4v) is 2.62. The van der Waals surface area contributed by atoms with Gasteiger partial charge in [-0.1, -0.05) is 0 Å². The average molecular weight is 260 g/mol. The number of hydrogen-bond acceptors (Lipinski definition) is 5. The number of morpholine rings is 1. The van der Waals surface area contributed by atoms with Gasteiger partial charge in [0, 0.05) is 32.4 Å². The van der Waals surface area contributed by atoms with Gasteiger partial charge in [-0.05, 0) is 0 Å². The quantitative estimate of drug-likeness (QED) is 0.702. The normalized spacial score (nSPS) is 21.6. The lowest BCUT2D eigenvalue weighted by molar-refractivity contribution is 0.0784. The third kappa shape index (κ3) is 3.25. The Morgan fingerprint density at radius 2 is 2.53 bits per heavy atom. The number of rotatable bonds is 4. The molecule has 0 aliphatic carbocycles. The second-order valence-corrected chi connectivity index (χ2v) is 5.67. The van der Waals surface area contributed by atoms with Crippen molar-refractivity contribution in [2.24, 2.45) is 7.05 Å². The van der Waals surface area contributed by atoms with Crippen molar-refractivity contribution < 1.29 is 13.2 Å². The lowest BCUT2D eigenvalue weighted by Crippen LogP contribution is -2.48. The predicted octanol–water partition coefficient (Wildman–Crippen LogP) is -1.31. The van der Waals surface area contributed by atoms with Crippen LogP contribution in [0.2, 0.25) is 0 Å². The third-order valence-electron chi connectivity index (χ3n) is 2.47. The molecule has 0 spiro atoms. The number of aryl methyl sites for hydroxylation is 1. The highest BCUT2D eigenvalue weighted by Crippen LogP contribution is 2.04. The van der Waals surface area contributed by atoms with Crippen LogP contribution in [-0.2, 0) is 21.8 Å². The van der Waals surface area contributed by atoms with Crippen molar-refractivity contribution in [2.75, 3.05) is 26.3 Å². The molecule has 17 heavy (non-hydrogen) atoms. The Balaban J connectivity index is 1.93. The molecule has 2 heterocycles. The minimum Gasteiger partial charge on any atom is -0.378 e. The number of sulfonamides is 1. The highest BCUT2D eigenvalue weighted by molar-refractivity contribution is 7.89. The molecule has 0 saturated carbocycles. The number of nitrogens with zero attached hydrogens (tertiary/aromatic N) is 2. The first-order valence-corrected chi connectivity index (χ1v) is 6.85. The molecule has 1 aromatic rings. The van der Waals surface area contributed by atoms with Crippen LogP contribution in [0.3, 0.4) is 0 Å². The molecule has 1 atom stereocenters. The number of ether oxygens (including phenoxy) is 1. The van der Waals surface area contributed by atoms with Gasteiger partial charge in [0.05, 0.1) is 19.5 Å². The zero-order valence-corrected chi connectivity index (χ0v) is 10.4. The van der Waals surface area contributed by atoms with Crippen LogP contribution < -0.4 is 10.0 Å². The zero-order valence-electron chi connectivity index (χ0n) is 9.59. The maximum absolute atomic E-state index is 11.8. The van der Waals surface area contributed by atoms with Crippen LogP contribution in [0.15, 0.2) is 17.6 Å². The second-order valence-electron chi connectivity index (χ2n) is 3.96. The molecule has 0 aromatic carbocycles. The van der Waals surface area contributed by atoms with E-state index in [1.807, 2.05) is 0 Å². The van der Waals surface area contributed by atoms with Crippen LogP contribution >= 0.6 is 0 Å². The van der Waals surface area contributed by atoms with Crippen molar-refractivity contribution in [2.45, 2.75) is 11.1 Å². The van der Waals surface area contributed by atoms with Gasteiger partial charge in [0.25, 0.3) is 10.0 Å². The molecule has 1 aliphatic heterocycles. The van der Waals surface area contributed by atoms with Gasteiger partial charge in [-0.25, -0.2) is 18.1 Å². The van der Waals surface area contributed by atoms with Gasteiger partial charge in [-0.2, -0.15) is 0 Å². The van der Waals surface area contributed by atoms with Crippen LogP contribution in [0.1, 0.15) is 0 Å². The molecule has 1 saturated heterocycles. The summed E-state index contributed by atoms with van der Waals surface area (Å²) in [4.78, 5) is 3.81. The predicted molar refractivity (Wildman–Crippen MR) is 61.0 cm³/mol. The fraction of sp³-hybridized carbons (Fsp3) is 0.667. The van der Waals surface area contributed by atoms with E-state index in [-0.39, 0.29) is 11.1 Å². The average Bonchev–Trinajstić information content (AvgIpc) is 2.76. The minimum absolute atomic E-state index is 0.0160. The Bertz CT molecular complexity index is 464. The molecule has 96 valence electrons. The lowest BCUT2D eigenvalue weighted by atomic mass is 10.3. The molecule has 1 aliphatic rings. The summed E-state index contributed by atoms with van der Waals surface area (Å²) >= 11 is 0. The van der Waals surface area contributed by atoms with Gasteiger partial charge in [0.15, 0.2) is 5.03 Å². The van der Waals surface area contributed by atoms with E-state index in [2.05, 4.69) is 15.0 Å². The third-order valence-corrected chi connectivity index (χ3v) is 3.78. The minimum atomic E-state index is -3.52. The van der Waals surface area contributed by atoms with E-state index >= 15 is 0 Å². The van der Waals surface area contributed by atoms with E-state index in [1.165, 1.54) is 12.5 Å². The molecule has 0 bridgehead atoms. The van der Waals surface area contributed by atoms with Crippen molar-refractivity contribution >= 4 is 10.0 Å². The highest BCUT2D eigenvalue weighted by atomic mass is 32.2. The van der Waals surface area contributed by atoms with E-state index < -0.39 is 10.0 Å². The van der Waals surface area contributed by atoms with Crippen molar-refractivity contribution in [1.29, 1.82) is 0 Å². The Morgan fingerprint density at radius 3 is 3.12 bits per heavy atom. The maximum atomic E-state index is 11.8. The van der Waals surface area contributed by atoms with Crippen molar-refractivity contribution in [3.63, 3.8) is 0 Å². The summed E-state index contributed by atoms with van der Waals surface area (Å²) in [6.45, 7) is 2.24. The molecule has 0 radical (unpaired) electrons. The van der Waals surface area contributed by atoms with Crippen LogP contribution in [-0.4, -0.2) is 50.3 Å². The van der Waals surface area contributed by atoms with Gasteiger partial charge in [-0.3, -0.25) is 0 Å². The van der Waals surface area contributed by atoms with Crippen molar-refractivity contribution in [3.8, 4) is 0 Å². The number of aromatic nitrogens is 2. The molecule has 1 fully saturated rings. The number of hydrogen-bond donors (Lipinski definition) is 2. The number of imidazole rings is 1. The Morgan fingerprint density at radius 1 is 1.71 bits per heavy atom. The Kier molecular flexibility index (Phi) is 3.77. The summed E-state index contributed by atoms with van der Waals surface area (Å²) in [7, 11) is -1.79. The fourth-order valence-electron chi connectivity index (χ4n) is 1.56. The topological polar surface area (TPSA) is 85.2 Å². The SMILES string of the molecule is Cn1cnc(S(=O)(=O)NCC2COCCN2)c1. The van der Waals surface area contributed by atoms with E-state index in [4.69, 9.17) is 4.74 Å². The van der Waals surface area contributed by atoms with Gasteiger partial charge < -0.3 is 14.6 Å². The first kappa shape index (κ1) is 12.5. The maximum Gasteiger partial charge on any atom is 0.259 e. The van der Waals surface area contributed by atoms with Crippen LogP contribution in [0, 0.1) is 0 Å². The summed E-state index contributed by atoms with van der Waals surface area (Å²) in [5, 5.41) is 3.21. The molecular formula is C9H16N4O3S. The largest absolute Gasteiger partial charge is 0.378 e. The summed E-state index contributed by atoms with van der Waals surface area (Å²) in [6, 6.07) is 0.0160. The van der Waals surface area contributed by atoms with Crippen LogP contribution in [0.4, 0.5) is 0 Å². The summed E-state index contributed by atoms with van der Waals surface area (Å²) in [5.41, 5.74) is 0. The van der Waals surface area contributed by atoms with E-state index in [0.29, 0.717) is 19.8 Å². The molecular weight excluding hydrogens is 244 g/mol. The molecule has 7 nitrogen and oxygen atoms in total. The molecule has 2 N–H and O–H groups in total. The highest BCUT2D eigenvalue weighted by Gasteiger charge is 2.20. The molecule has 1 aromatic heterocycles. The summed E-state index contributed by atoms with van der Waals surface area (Å²) < 4.78 is 33.0. The molecule has 0 amide bonds. The number of nitrogens with one attached hydrogen (secondary N) is 2. The second kappa shape index (κ2) is 5.13. The smallest absolute Gasteiger partial charge is 0.259 e. The Labute approximate surface area is 100 Å². The van der Waals surface area contributed by atoms with Crippen molar-refractivity contribution in [1.82, 2.24) is 19.6 Å². The monoisotopic (exact) mass is 260 g/mol.